The van der Waals surface area contributed by atoms with Gasteiger partial charge in [-0.25, -0.2) is 0 Å². The number of rotatable bonds is 5. The lowest BCUT2D eigenvalue weighted by Gasteiger charge is -2.01. The molecule has 2 aromatic carbocycles. The van der Waals surface area contributed by atoms with Crippen molar-refractivity contribution in [3.63, 3.8) is 0 Å². The maximum absolute atomic E-state index is 10.9. The molecule has 1 N–H and O–H groups in total. The molecule has 1 aromatic heterocycles. The van der Waals surface area contributed by atoms with Crippen LogP contribution in [-0.2, 0) is 0 Å². The molecule has 0 unspecified atom stereocenters. The Hall–Kier alpha value is -3.12. The van der Waals surface area contributed by atoms with E-state index in [-0.39, 0.29) is 5.69 Å². The van der Waals surface area contributed by atoms with E-state index in [2.05, 4.69) is 10.5 Å². The maximum Gasteiger partial charge on any atom is 0.270 e. The van der Waals surface area contributed by atoms with Crippen molar-refractivity contribution in [2.75, 3.05) is 5.43 Å². The van der Waals surface area contributed by atoms with Crippen LogP contribution in [0.25, 0.3) is 11.3 Å². The van der Waals surface area contributed by atoms with Gasteiger partial charge in [-0.05, 0) is 42.8 Å². The van der Waals surface area contributed by atoms with E-state index in [1.807, 2.05) is 31.2 Å². The third kappa shape index (κ3) is 4.05. The molecule has 3 aromatic rings. The normalized spacial score (nSPS) is 11.0. The molecule has 0 amide bonds. The number of non-ortho nitro benzene ring substituents is 1. The third-order valence-corrected chi connectivity index (χ3v) is 3.79. The zero-order chi connectivity index (χ0) is 17.8. The van der Waals surface area contributed by atoms with Crippen LogP contribution in [0.5, 0.6) is 0 Å². The Kier molecular flexibility index (Phi) is 4.81. The summed E-state index contributed by atoms with van der Waals surface area (Å²) in [4.78, 5) is 10.4. The predicted octanol–water partition coefficient (Wildman–Crippen LogP) is 5.26. The first-order valence-electron chi connectivity index (χ1n) is 7.43. The first-order chi connectivity index (χ1) is 12.0. The third-order valence-electron chi connectivity index (χ3n) is 3.46. The molecule has 6 nitrogen and oxygen atoms in total. The fourth-order valence-electron chi connectivity index (χ4n) is 2.27. The number of nitrogens with one attached hydrogen (secondary N) is 1. The van der Waals surface area contributed by atoms with Crippen molar-refractivity contribution < 1.29 is 9.34 Å². The summed E-state index contributed by atoms with van der Waals surface area (Å²) in [6.45, 7) is 2.00. The molecule has 0 aliphatic carbocycles. The van der Waals surface area contributed by atoms with E-state index >= 15 is 0 Å². The molecule has 0 spiro atoms. The molecule has 3 rings (SSSR count). The van der Waals surface area contributed by atoms with Crippen molar-refractivity contribution >= 4 is 29.2 Å². The van der Waals surface area contributed by atoms with Crippen LogP contribution in [0.15, 0.2) is 64.1 Å². The summed E-state index contributed by atoms with van der Waals surface area (Å²) in [5.74, 6) is 0.934. The van der Waals surface area contributed by atoms with Gasteiger partial charge in [0.25, 0.3) is 5.69 Å². The highest BCUT2D eigenvalue weighted by Crippen LogP contribution is 2.32. The molecule has 0 atom stereocenters. The largest absolute Gasteiger partial charge is 0.455 e. The van der Waals surface area contributed by atoms with Crippen molar-refractivity contribution in [1.82, 2.24) is 0 Å². The fraction of sp³-hybridized carbons (Fsp3) is 0.0556. The molecule has 7 heteroatoms. The smallest absolute Gasteiger partial charge is 0.270 e. The monoisotopic (exact) mass is 355 g/mol. The van der Waals surface area contributed by atoms with Gasteiger partial charge in [-0.15, -0.1) is 0 Å². The Morgan fingerprint density at radius 1 is 1.20 bits per heavy atom. The van der Waals surface area contributed by atoms with Crippen LogP contribution in [0.4, 0.5) is 11.4 Å². The van der Waals surface area contributed by atoms with Crippen LogP contribution in [0, 0.1) is 17.0 Å². The Balaban J connectivity index is 1.77. The highest BCUT2D eigenvalue weighted by atomic mass is 35.5. The number of halogens is 1. The molecule has 1 heterocycles. The number of hydrazone groups is 1. The minimum Gasteiger partial charge on any atom is -0.455 e. The number of hydrogen-bond acceptors (Lipinski definition) is 5. The second kappa shape index (κ2) is 7.19. The van der Waals surface area contributed by atoms with Gasteiger partial charge in [0.05, 0.1) is 21.8 Å². The summed E-state index contributed by atoms with van der Waals surface area (Å²) >= 11 is 6.12. The topological polar surface area (TPSA) is 80.7 Å². The molecule has 0 bridgehead atoms. The maximum atomic E-state index is 10.9. The van der Waals surface area contributed by atoms with Gasteiger partial charge in [-0.3, -0.25) is 15.5 Å². The fourth-order valence-corrected chi connectivity index (χ4v) is 2.48. The average Bonchev–Trinajstić information content (AvgIpc) is 3.04. The lowest BCUT2D eigenvalue weighted by molar-refractivity contribution is -0.384. The van der Waals surface area contributed by atoms with Crippen molar-refractivity contribution in [1.29, 1.82) is 0 Å². The van der Waals surface area contributed by atoms with E-state index in [4.69, 9.17) is 16.0 Å². The van der Waals surface area contributed by atoms with E-state index < -0.39 is 4.92 Å². The molecule has 0 fully saturated rings. The number of nitrogens with zero attached hydrogens (tertiary/aromatic N) is 2. The highest BCUT2D eigenvalue weighted by Gasteiger charge is 2.14. The lowest BCUT2D eigenvalue weighted by atomic mass is 10.1. The van der Waals surface area contributed by atoms with Gasteiger partial charge in [-0.1, -0.05) is 23.7 Å². The SMILES string of the molecule is Cc1cccc(NN=Cc2ccc(-c3cc([N+](=O)[O-])ccc3Cl)o2)c1. The highest BCUT2D eigenvalue weighted by molar-refractivity contribution is 6.33. The second-order valence-electron chi connectivity index (χ2n) is 5.36. The van der Waals surface area contributed by atoms with Gasteiger partial charge in [-0.2, -0.15) is 5.10 Å². The first-order valence-corrected chi connectivity index (χ1v) is 7.80. The zero-order valence-corrected chi connectivity index (χ0v) is 14.0. The number of hydrogen-bond donors (Lipinski definition) is 1. The molecule has 0 aliphatic heterocycles. The van der Waals surface area contributed by atoms with Crippen LogP contribution in [0.2, 0.25) is 5.02 Å². The van der Waals surface area contributed by atoms with Crippen LogP contribution in [-0.4, -0.2) is 11.1 Å². The summed E-state index contributed by atoms with van der Waals surface area (Å²) in [5.41, 5.74) is 5.32. The average molecular weight is 356 g/mol. The second-order valence-corrected chi connectivity index (χ2v) is 5.77. The summed E-state index contributed by atoms with van der Waals surface area (Å²) < 4.78 is 5.65. The molecule has 0 saturated heterocycles. The number of anilines is 1. The quantitative estimate of drug-likeness (QED) is 0.384. The van der Waals surface area contributed by atoms with Crippen molar-refractivity contribution in [3.05, 3.63) is 81.1 Å². The first kappa shape index (κ1) is 16.7. The van der Waals surface area contributed by atoms with Crippen molar-refractivity contribution in [3.8, 4) is 11.3 Å². The number of nitro groups is 1. The van der Waals surface area contributed by atoms with Crippen molar-refractivity contribution in [2.45, 2.75) is 6.92 Å². The van der Waals surface area contributed by atoms with Crippen LogP contribution < -0.4 is 5.43 Å². The summed E-state index contributed by atoms with van der Waals surface area (Å²) in [7, 11) is 0. The summed E-state index contributed by atoms with van der Waals surface area (Å²) in [6.07, 6.45) is 1.52. The molecule has 126 valence electrons. The van der Waals surface area contributed by atoms with Crippen LogP contribution >= 0.6 is 11.6 Å². The van der Waals surface area contributed by atoms with E-state index in [9.17, 15) is 10.1 Å². The minimum absolute atomic E-state index is 0.0490. The van der Waals surface area contributed by atoms with E-state index in [0.29, 0.717) is 22.1 Å². The van der Waals surface area contributed by atoms with E-state index in [1.165, 1.54) is 24.4 Å². The summed E-state index contributed by atoms with van der Waals surface area (Å²) in [5, 5.41) is 15.4. The predicted molar refractivity (Wildman–Crippen MR) is 98.2 cm³/mol. The van der Waals surface area contributed by atoms with Gasteiger partial charge in [0, 0.05) is 17.7 Å². The standard InChI is InChI=1S/C18H14ClN3O3/c1-12-3-2-4-13(9-12)21-20-11-15-6-8-18(25-15)16-10-14(22(23)24)5-7-17(16)19/h2-11,21H,1H3. The number of benzene rings is 2. The number of furan rings is 1. The van der Waals surface area contributed by atoms with E-state index in [0.717, 1.165) is 11.3 Å². The molecular formula is C18H14ClN3O3. The Morgan fingerprint density at radius 2 is 2.04 bits per heavy atom. The minimum atomic E-state index is -0.475. The van der Waals surface area contributed by atoms with Crippen molar-refractivity contribution in [2.24, 2.45) is 5.10 Å². The van der Waals surface area contributed by atoms with Crippen LogP contribution in [0.3, 0.4) is 0 Å². The molecule has 25 heavy (non-hydrogen) atoms. The number of nitro benzene ring substituents is 1. The van der Waals surface area contributed by atoms with Gasteiger partial charge < -0.3 is 4.42 Å². The molecule has 0 radical (unpaired) electrons. The lowest BCUT2D eigenvalue weighted by Crippen LogP contribution is -1.90. The molecule has 0 aliphatic rings. The van der Waals surface area contributed by atoms with E-state index in [1.54, 1.807) is 12.1 Å². The Morgan fingerprint density at radius 3 is 2.80 bits per heavy atom. The van der Waals surface area contributed by atoms with Gasteiger partial charge in [0.2, 0.25) is 0 Å². The van der Waals surface area contributed by atoms with Gasteiger partial charge in [0.15, 0.2) is 0 Å². The van der Waals surface area contributed by atoms with Gasteiger partial charge in [0.1, 0.15) is 11.5 Å². The zero-order valence-electron chi connectivity index (χ0n) is 13.3. The summed E-state index contributed by atoms with van der Waals surface area (Å²) in [6, 6.07) is 15.4. The van der Waals surface area contributed by atoms with Crippen LogP contribution in [0.1, 0.15) is 11.3 Å². The van der Waals surface area contributed by atoms with Gasteiger partial charge >= 0.3 is 0 Å². The number of aryl methyl sites for hydroxylation is 1. The molecule has 0 saturated carbocycles. The Bertz CT molecular complexity index is 950. The molecular weight excluding hydrogens is 342 g/mol. The Labute approximate surface area is 148 Å².